The summed E-state index contributed by atoms with van der Waals surface area (Å²) in [6.07, 6.45) is 0.921. The van der Waals surface area contributed by atoms with Gasteiger partial charge < -0.3 is 15.8 Å². The van der Waals surface area contributed by atoms with Crippen LogP contribution in [0.5, 0.6) is 5.75 Å². The molecule has 3 aromatic rings. The Balaban J connectivity index is 2.00. The summed E-state index contributed by atoms with van der Waals surface area (Å²) in [7, 11) is 1.66. The highest BCUT2D eigenvalue weighted by Gasteiger charge is 2.07. The quantitative estimate of drug-likeness (QED) is 0.770. The summed E-state index contributed by atoms with van der Waals surface area (Å²) < 4.78 is 5.33. The lowest BCUT2D eigenvalue weighted by Crippen LogP contribution is -2.03. The molecule has 1 aromatic heterocycles. The Hall–Kier alpha value is -2.82. The van der Waals surface area contributed by atoms with Gasteiger partial charge in [-0.15, -0.1) is 0 Å². The van der Waals surface area contributed by atoms with Crippen LogP contribution in [0.25, 0.3) is 11.0 Å². The molecule has 5 heteroatoms. The molecule has 0 saturated carbocycles. The first-order valence-electron chi connectivity index (χ1n) is 7.17. The van der Waals surface area contributed by atoms with E-state index in [4.69, 9.17) is 10.5 Å². The maximum absolute atomic E-state index is 6.01. The normalized spacial score (nSPS) is 10.6. The summed E-state index contributed by atoms with van der Waals surface area (Å²) in [6, 6.07) is 13.6. The van der Waals surface area contributed by atoms with Crippen LogP contribution in [0.1, 0.15) is 12.5 Å². The van der Waals surface area contributed by atoms with E-state index >= 15 is 0 Å². The number of aryl methyl sites for hydroxylation is 1. The number of hydrogen-bond acceptors (Lipinski definition) is 5. The molecule has 0 fully saturated rings. The molecule has 2 aromatic carbocycles. The lowest BCUT2D eigenvalue weighted by atomic mass is 10.1. The Morgan fingerprint density at radius 1 is 1.09 bits per heavy atom. The minimum Gasteiger partial charge on any atom is -0.497 e. The second-order valence-electron chi connectivity index (χ2n) is 4.99. The zero-order valence-corrected chi connectivity index (χ0v) is 12.6. The standard InChI is InChI=1S/C17H18N4O/c1-3-11-8-12(10-13(9-11)22-2)19-17-16(18)20-14-6-4-5-7-15(14)21-17/h4-10H,3H2,1-2H3,(H2,18,20)(H,19,21). The molecule has 0 aliphatic rings. The second kappa shape index (κ2) is 5.89. The van der Waals surface area contributed by atoms with Gasteiger partial charge in [0.15, 0.2) is 11.6 Å². The van der Waals surface area contributed by atoms with Gasteiger partial charge in [-0.05, 0) is 36.2 Å². The minimum atomic E-state index is 0.375. The van der Waals surface area contributed by atoms with Gasteiger partial charge in [0.1, 0.15) is 5.75 Å². The van der Waals surface area contributed by atoms with Crippen LogP contribution in [0.2, 0.25) is 0 Å². The third-order valence-electron chi connectivity index (χ3n) is 3.47. The lowest BCUT2D eigenvalue weighted by molar-refractivity contribution is 0.414. The van der Waals surface area contributed by atoms with Crippen molar-refractivity contribution in [3.05, 3.63) is 48.0 Å². The van der Waals surface area contributed by atoms with Crippen LogP contribution >= 0.6 is 0 Å². The number of para-hydroxylation sites is 2. The number of methoxy groups -OCH3 is 1. The Morgan fingerprint density at radius 3 is 2.50 bits per heavy atom. The van der Waals surface area contributed by atoms with Gasteiger partial charge in [-0.1, -0.05) is 19.1 Å². The zero-order valence-electron chi connectivity index (χ0n) is 12.6. The van der Waals surface area contributed by atoms with E-state index in [2.05, 4.69) is 28.3 Å². The second-order valence-corrected chi connectivity index (χ2v) is 4.99. The SMILES string of the molecule is CCc1cc(Nc2nc3ccccc3nc2N)cc(OC)c1. The van der Waals surface area contributed by atoms with Crippen molar-refractivity contribution in [2.24, 2.45) is 0 Å². The fraction of sp³-hybridized carbons (Fsp3) is 0.176. The third kappa shape index (κ3) is 2.79. The number of nitrogens with zero attached hydrogens (tertiary/aromatic N) is 2. The van der Waals surface area contributed by atoms with Crippen molar-refractivity contribution >= 4 is 28.4 Å². The van der Waals surface area contributed by atoms with E-state index in [-0.39, 0.29) is 0 Å². The highest BCUT2D eigenvalue weighted by atomic mass is 16.5. The first kappa shape index (κ1) is 14.1. The molecule has 112 valence electrons. The Labute approximate surface area is 129 Å². The van der Waals surface area contributed by atoms with Crippen LogP contribution in [0.15, 0.2) is 42.5 Å². The van der Waals surface area contributed by atoms with Crippen LogP contribution in [0.4, 0.5) is 17.3 Å². The van der Waals surface area contributed by atoms with E-state index in [0.29, 0.717) is 11.6 Å². The average Bonchev–Trinajstić information content (AvgIpc) is 2.55. The lowest BCUT2D eigenvalue weighted by Gasteiger charge is -2.12. The van der Waals surface area contributed by atoms with Gasteiger partial charge in [-0.2, -0.15) is 0 Å². The molecule has 0 aliphatic heterocycles. The summed E-state index contributed by atoms with van der Waals surface area (Å²) in [5.41, 5.74) is 9.65. The van der Waals surface area contributed by atoms with Crippen molar-refractivity contribution < 1.29 is 4.74 Å². The number of nitrogens with two attached hydrogens (primary N) is 1. The zero-order chi connectivity index (χ0) is 15.5. The van der Waals surface area contributed by atoms with E-state index in [0.717, 1.165) is 28.9 Å². The van der Waals surface area contributed by atoms with Crippen molar-refractivity contribution in [1.29, 1.82) is 0 Å². The molecule has 0 spiro atoms. The predicted octanol–water partition coefficient (Wildman–Crippen LogP) is 3.53. The highest BCUT2D eigenvalue weighted by Crippen LogP contribution is 2.26. The van der Waals surface area contributed by atoms with Crippen molar-refractivity contribution in [2.75, 3.05) is 18.2 Å². The molecule has 3 N–H and O–H groups in total. The van der Waals surface area contributed by atoms with Crippen LogP contribution in [0.3, 0.4) is 0 Å². The van der Waals surface area contributed by atoms with E-state index in [9.17, 15) is 0 Å². The number of ether oxygens (including phenoxy) is 1. The smallest absolute Gasteiger partial charge is 0.174 e. The third-order valence-corrected chi connectivity index (χ3v) is 3.47. The summed E-state index contributed by atoms with van der Waals surface area (Å²) in [6.45, 7) is 2.10. The summed E-state index contributed by atoms with van der Waals surface area (Å²) in [4.78, 5) is 8.92. The number of nitrogen functional groups attached to an aromatic ring is 1. The molecule has 0 saturated heterocycles. The molecule has 0 radical (unpaired) electrons. The number of anilines is 3. The molecular formula is C17H18N4O. The molecule has 22 heavy (non-hydrogen) atoms. The molecule has 0 amide bonds. The van der Waals surface area contributed by atoms with E-state index in [1.54, 1.807) is 7.11 Å². The number of fused-ring (bicyclic) bond motifs is 1. The molecule has 5 nitrogen and oxygen atoms in total. The van der Waals surface area contributed by atoms with Gasteiger partial charge in [0.2, 0.25) is 0 Å². The topological polar surface area (TPSA) is 73.1 Å². The van der Waals surface area contributed by atoms with Crippen molar-refractivity contribution in [3.8, 4) is 5.75 Å². The molecule has 0 atom stereocenters. The molecule has 0 bridgehead atoms. The van der Waals surface area contributed by atoms with Crippen LogP contribution in [-0.4, -0.2) is 17.1 Å². The summed E-state index contributed by atoms with van der Waals surface area (Å²) in [5.74, 6) is 1.72. The van der Waals surface area contributed by atoms with Crippen molar-refractivity contribution in [2.45, 2.75) is 13.3 Å². The van der Waals surface area contributed by atoms with Crippen molar-refractivity contribution in [1.82, 2.24) is 9.97 Å². The molecule has 0 aliphatic carbocycles. The largest absolute Gasteiger partial charge is 0.497 e. The predicted molar refractivity (Wildman–Crippen MR) is 89.6 cm³/mol. The van der Waals surface area contributed by atoms with Crippen molar-refractivity contribution in [3.63, 3.8) is 0 Å². The fourth-order valence-corrected chi connectivity index (χ4v) is 2.30. The Morgan fingerprint density at radius 2 is 1.82 bits per heavy atom. The maximum Gasteiger partial charge on any atom is 0.174 e. The van der Waals surface area contributed by atoms with Gasteiger partial charge in [0.25, 0.3) is 0 Å². The molecular weight excluding hydrogens is 276 g/mol. The Kier molecular flexibility index (Phi) is 3.78. The number of rotatable bonds is 4. The van der Waals surface area contributed by atoms with Crippen LogP contribution < -0.4 is 15.8 Å². The van der Waals surface area contributed by atoms with Gasteiger partial charge in [0, 0.05) is 11.8 Å². The number of benzene rings is 2. The van der Waals surface area contributed by atoms with E-state index < -0.39 is 0 Å². The van der Waals surface area contributed by atoms with E-state index in [1.807, 2.05) is 36.4 Å². The maximum atomic E-state index is 6.01. The monoisotopic (exact) mass is 294 g/mol. The van der Waals surface area contributed by atoms with Gasteiger partial charge in [-0.25, -0.2) is 9.97 Å². The van der Waals surface area contributed by atoms with Crippen LogP contribution in [-0.2, 0) is 6.42 Å². The number of hydrogen-bond donors (Lipinski definition) is 2. The van der Waals surface area contributed by atoms with Gasteiger partial charge >= 0.3 is 0 Å². The first-order valence-corrected chi connectivity index (χ1v) is 7.17. The van der Waals surface area contributed by atoms with Gasteiger partial charge in [-0.3, -0.25) is 0 Å². The minimum absolute atomic E-state index is 0.375. The fourth-order valence-electron chi connectivity index (χ4n) is 2.30. The Bertz CT molecular complexity index is 795. The summed E-state index contributed by atoms with van der Waals surface area (Å²) >= 11 is 0. The summed E-state index contributed by atoms with van der Waals surface area (Å²) in [5, 5.41) is 3.24. The molecule has 3 rings (SSSR count). The van der Waals surface area contributed by atoms with E-state index in [1.165, 1.54) is 5.56 Å². The molecule has 1 heterocycles. The number of nitrogens with one attached hydrogen (secondary N) is 1. The first-order chi connectivity index (χ1) is 10.7. The van der Waals surface area contributed by atoms with Gasteiger partial charge in [0.05, 0.1) is 18.1 Å². The number of aromatic nitrogens is 2. The highest BCUT2D eigenvalue weighted by molar-refractivity contribution is 5.81. The molecule has 0 unspecified atom stereocenters. The average molecular weight is 294 g/mol. The van der Waals surface area contributed by atoms with Crippen LogP contribution in [0, 0.1) is 0 Å².